The van der Waals surface area contributed by atoms with Gasteiger partial charge in [0.2, 0.25) is 0 Å². The van der Waals surface area contributed by atoms with Crippen LogP contribution in [-0.2, 0) is 27.2 Å². The number of nitrogens with zero attached hydrogens (tertiary/aromatic N) is 4. The lowest BCUT2D eigenvalue weighted by Crippen LogP contribution is -2.26. The molecular weight excluding hydrogens is 500 g/mol. The maximum Gasteiger partial charge on any atom is 0.271 e. The van der Waals surface area contributed by atoms with Gasteiger partial charge in [0.25, 0.3) is 11.8 Å². The zero-order chi connectivity index (χ0) is 24.1. The lowest BCUT2D eigenvalue weighted by atomic mass is 10.1. The van der Waals surface area contributed by atoms with Crippen LogP contribution < -0.4 is 15.4 Å². The Labute approximate surface area is 204 Å². The molecule has 2 N–H and O–H groups in total. The molecule has 9 nitrogen and oxygen atoms in total. The number of hydrogen-bond donors (Lipinski definition) is 2. The second kappa shape index (κ2) is 10.3. The number of rotatable bonds is 8. The molecule has 4 aromatic rings. The van der Waals surface area contributed by atoms with Gasteiger partial charge in [-0.3, -0.25) is 19.0 Å². The Bertz CT molecular complexity index is 1330. The summed E-state index contributed by atoms with van der Waals surface area (Å²) in [6.45, 7) is 0.623. The maximum absolute atomic E-state index is 12.9. The van der Waals surface area contributed by atoms with E-state index in [1.165, 1.54) is 10.9 Å². The fourth-order valence-corrected chi connectivity index (χ4v) is 3.73. The van der Waals surface area contributed by atoms with Crippen molar-refractivity contribution in [2.75, 3.05) is 5.32 Å². The third kappa shape index (κ3) is 5.70. The highest BCUT2D eigenvalue weighted by Crippen LogP contribution is 2.20. The molecule has 0 saturated carbocycles. The minimum absolute atomic E-state index is 0.256. The number of amides is 2. The van der Waals surface area contributed by atoms with Crippen LogP contribution in [0.2, 0.25) is 0 Å². The summed E-state index contributed by atoms with van der Waals surface area (Å²) in [6.07, 6.45) is 4.95. The minimum Gasteiger partial charge on any atom is -0.489 e. The molecule has 0 fully saturated rings. The van der Waals surface area contributed by atoms with Crippen LogP contribution in [0.25, 0.3) is 0 Å². The number of nitrogens with one attached hydrogen (secondary N) is 2. The number of ether oxygens (including phenoxy) is 1. The second-order valence-electron chi connectivity index (χ2n) is 7.64. The van der Waals surface area contributed by atoms with Crippen molar-refractivity contribution in [2.24, 2.45) is 14.1 Å². The predicted molar refractivity (Wildman–Crippen MR) is 130 cm³/mol. The van der Waals surface area contributed by atoms with Gasteiger partial charge in [0.15, 0.2) is 0 Å². The summed E-state index contributed by atoms with van der Waals surface area (Å²) in [5, 5.41) is 13.8. The first-order valence-corrected chi connectivity index (χ1v) is 11.2. The van der Waals surface area contributed by atoms with E-state index >= 15 is 0 Å². The fraction of sp³-hybridized carbons (Fsp3) is 0.167. The number of hydrogen-bond acceptors (Lipinski definition) is 5. The van der Waals surface area contributed by atoms with Gasteiger partial charge in [-0.25, -0.2) is 0 Å². The molecule has 10 heteroatoms. The van der Waals surface area contributed by atoms with Gasteiger partial charge < -0.3 is 15.4 Å². The van der Waals surface area contributed by atoms with E-state index in [1.54, 1.807) is 36.1 Å². The van der Waals surface area contributed by atoms with Gasteiger partial charge in [-0.1, -0.05) is 34.1 Å². The monoisotopic (exact) mass is 522 g/mol. The topological polar surface area (TPSA) is 103 Å². The number of aryl methyl sites for hydroxylation is 2. The molecule has 34 heavy (non-hydrogen) atoms. The van der Waals surface area contributed by atoms with E-state index in [1.807, 2.05) is 43.6 Å². The Kier molecular flexibility index (Phi) is 7.07. The molecule has 0 aliphatic carbocycles. The summed E-state index contributed by atoms with van der Waals surface area (Å²) in [6, 6.07) is 14.7. The number of halogens is 1. The first kappa shape index (κ1) is 23.2. The van der Waals surface area contributed by atoms with E-state index in [9.17, 15) is 9.59 Å². The predicted octanol–water partition coefficient (Wildman–Crippen LogP) is 3.68. The van der Waals surface area contributed by atoms with Crippen molar-refractivity contribution in [1.82, 2.24) is 24.9 Å². The summed E-state index contributed by atoms with van der Waals surface area (Å²) in [5.41, 5.74) is 2.73. The Morgan fingerprint density at radius 1 is 1.00 bits per heavy atom. The van der Waals surface area contributed by atoms with Crippen LogP contribution in [0.15, 0.2) is 71.6 Å². The number of carbonyl (C=O) groups excluding carboxylic acids is 2. The lowest BCUT2D eigenvalue weighted by molar-refractivity contribution is 0.0942. The van der Waals surface area contributed by atoms with Gasteiger partial charge in [0.1, 0.15) is 18.1 Å². The smallest absolute Gasteiger partial charge is 0.271 e. The maximum atomic E-state index is 12.9. The quantitative estimate of drug-likeness (QED) is 0.367. The number of carbonyl (C=O) groups is 2. The van der Waals surface area contributed by atoms with Crippen LogP contribution in [0, 0.1) is 0 Å². The Morgan fingerprint density at radius 3 is 2.59 bits per heavy atom. The zero-order valence-electron chi connectivity index (χ0n) is 18.7. The third-order valence-corrected chi connectivity index (χ3v) is 5.50. The molecule has 2 aromatic heterocycles. The standard InChI is InChI=1S/C24H23BrN6O3/c1-30-14-17(12-27-30)11-26-24(33)22-21(13-28-31(22)2)29-23(32)18-6-3-5-16(9-18)15-34-20-8-4-7-19(25)10-20/h3-10,12-14H,11,15H2,1-2H3,(H,26,33)(H,29,32). The van der Waals surface area contributed by atoms with Crippen LogP contribution in [-0.4, -0.2) is 31.4 Å². The van der Waals surface area contributed by atoms with E-state index in [0.29, 0.717) is 24.4 Å². The van der Waals surface area contributed by atoms with Crippen molar-refractivity contribution < 1.29 is 14.3 Å². The van der Waals surface area contributed by atoms with Crippen LogP contribution in [0.3, 0.4) is 0 Å². The van der Waals surface area contributed by atoms with E-state index in [0.717, 1.165) is 21.3 Å². The average Bonchev–Trinajstić information content (AvgIpc) is 3.41. The molecule has 0 spiro atoms. The van der Waals surface area contributed by atoms with Gasteiger partial charge >= 0.3 is 0 Å². The average molecular weight is 523 g/mol. The lowest BCUT2D eigenvalue weighted by Gasteiger charge is -2.10. The highest BCUT2D eigenvalue weighted by molar-refractivity contribution is 9.10. The second-order valence-corrected chi connectivity index (χ2v) is 8.55. The number of anilines is 1. The summed E-state index contributed by atoms with van der Waals surface area (Å²) in [4.78, 5) is 25.7. The Hall–Kier alpha value is -3.92. The Morgan fingerprint density at radius 2 is 1.82 bits per heavy atom. The molecule has 2 aromatic carbocycles. The molecule has 174 valence electrons. The zero-order valence-corrected chi connectivity index (χ0v) is 20.2. The largest absolute Gasteiger partial charge is 0.489 e. The summed E-state index contributed by atoms with van der Waals surface area (Å²) in [7, 11) is 3.45. The van der Waals surface area contributed by atoms with Gasteiger partial charge in [-0.15, -0.1) is 0 Å². The first-order chi connectivity index (χ1) is 16.4. The molecule has 0 aliphatic rings. The number of aromatic nitrogens is 4. The van der Waals surface area contributed by atoms with Gasteiger partial charge in [0, 0.05) is 42.4 Å². The summed E-state index contributed by atoms with van der Waals surface area (Å²) < 4.78 is 9.83. The van der Waals surface area contributed by atoms with Crippen molar-refractivity contribution in [1.29, 1.82) is 0 Å². The molecule has 2 heterocycles. The third-order valence-electron chi connectivity index (χ3n) is 5.00. The van der Waals surface area contributed by atoms with Crippen LogP contribution in [0.5, 0.6) is 5.75 Å². The van der Waals surface area contributed by atoms with Crippen LogP contribution >= 0.6 is 15.9 Å². The molecule has 0 unspecified atom stereocenters. The molecule has 0 bridgehead atoms. The first-order valence-electron chi connectivity index (χ1n) is 10.5. The van der Waals surface area contributed by atoms with Crippen molar-refractivity contribution >= 4 is 33.4 Å². The molecule has 2 amide bonds. The fourth-order valence-electron chi connectivity index (χ4n) is 3.35. The highest BCUT2D eigenvalue weighted by Gasteiger charge is 2.19. The van der Waals surface area contributed by atoms with E-state index in [-0.39, 0.29) is 17.5 Å². The van der Waals surface area contributed by atoms with Crippen molar-refractivity contribution in [3.8, 4) is 5.75 Å². The van der Waals surface area contributed by atoms with Crippen molar-refractivity contribution in [3.63, 3.8) is 0 Å². The molecule has 4 rings (SSSR count). The normalized spacial score (nSPS) is 10.7. The summed E-state index contributed by atoms with van der Waals surface area (Å²) >= 11 is 3.42. The molecule has 0 radical (unpaired) electrons. The van der Waals surface area contributed by atoms with Crippen LogP contribution in [0.1, 0.15) is 32.0 Å². The molecular formula is C24H23BrN6O3. The molecule has 0 aliphatic heterocycles. The van der Waals surface area contributed by atoms with E-state index < -0.39 is 0 Å². The van der Waals surface area contributed by atoms with E-state index in [4.69, 9.17) is 4.74 Å². The van der Waals surface area contributed by atoms with E-state index in [2.05, 4.69) is 36.8 Å². The van der Waals surface area contributed by atoms with Gasteiger partial charge in [0.05, 0.1) is 18.1 Å². The minimum atomic E-state index is -0.352. The van der Waals surface area contributed by atoms with Crippen molar-refractivity contribution in [2.45, 2.75) is 13.2 Å². The molecule has 0 saturated heterocycles. The number of benzene rings is 2. The van der Waals surface area contributed by atoms with Gasteiger partial charge in [-0.2, -0.15) is 10.2 Å². The summed E-state index contributed by atoms with van der Waals surface area (Å²) in [5.74, 6) is 0.0236. The van der Waals surface area contributed by atoms with Gasteiger partial charge in [-0.05, 0) is 35.9 Å². The SMILES string of the molecule is Cn1cc(CNC(=O)c2c(NC(=O)c3cccc(COc4cccc(Br)c4)c3)cnn2C)cn1. The van der Waals surface area contributed by atoms with Crippen LogP contribution in [0.4, 0.5) is 5.69 Å². The highest BCUT2D eigenvalue weighted by atomic mass is 79.9. The Balaban J connectivity index is 1.41. The molecule has 0 atom stereocenters. The van der Waals surface area contributed by atoms with Crippen molar-refractivity contribution in [3.05, 3.63) is 94.0 Å².